The topological polar surface area (TPSA) is 35.2 Å². The molecule has 0 saturated carbocycles. The molecule has 0 aliphatic carbocycles. The van der Waals surface area contributed by atoms with Crippen LogP contribution >= 0.6 is 0 Å². The van der Waals surface area contributed by atoms with Gasteiger partial charge in [0.1, 0.15) is 17.7 Å². The standard InChI is InChI=1S/C17H18FNO/c1-10-3-4-11(2)14(7-10)17-9-15(19)13-6-5-12(18)8-16(13)20-17/h3-8,15,17H,9,19H2,1-2H3/t15-,17?/m1/s1. The van der Waals surface area contributed by atoms with Crippen molar-refractivity contribution in [3.05, 3.63) is 64.5 Å². The Morgan fingerprint density at radius 1 is 1.10 bits per heavy atom. The van der Waals surface area contributed by atoms with Crippen molar-refractivity contribution in [3.63, 3.8) is 0 Å². The predicted octanol–water partition coefficient (Wildman–Crippen LogP) is 3.97. The number of fused-ring (bicyclic) bond motifs is 1. The average Bonchev–Trinajstić information content (AvgIpc) is 2.41. The van der Waals surface area contributed by atoms with Crippen LogP contribution in [0.25, 0.3) is 0 Å². The molecule has 0 amide bonds. The average molecular weight is 271 g/mol. The lowest BCUT2D eigenvalue weighted by Gasteiger charge is -2.31. The summed E-state index contributed by atoms with van der Waals surface area (Å²) in [5.74, 6) is 0.271. The van der Waals surface area contributed by atoms with Gasteiger partial charge in [-0.25, -0.2) is 4.39 Å². The van der Waals surface area contributed by atoms with Crippen LogP contribution in [0.1, 0.15) is 40.8 Å². The predicted molar refractivity (Wildman–Crippen MR) is 77.2 cm³/mol. The molecule has 20 heavy (non-hydrogen) atoms. The first-order chi connectivity index (χ1) is 9.54. The summed E-state index contributed by atoms with van der Waals surface area (Å²) in [6.07, 6.45) is 0.599. The molecule has 2 nitrogen and oxygen atoms in total. The van der Waals surface area contributed by atoms with Crippen LogP contribution in [0.3, 0.4) is 0 Å². The van der Waals surface area contributed by atoms with E-state index < -0.39 is 0 Å². The first kappa shape index (κ1) is 13.1. The van der Waals surface area contributed by atoms with Crippen LogP contribution in [-0.4, -0.2) is 0 Å². The maximum absolute atomic E-state index is 13.4. The van der Waals surface area contributed by atoms with Gasteiger partial charge >= 0.3 is 0 Å². The molecular weight excluding hydrogens is 253 g/mol. The third kappa shape index (κ3) is 2.29. The van der Waals surface area contributed by atoms with Crippen LogP contribution in [0.4, 0.5) is 4.39 Å². The monoisotopic (exact) mass is 271 g/mol. The summed E-state index contributed by atoms with van der Waals surface area (Å²) >= 11 is 0. The summed E-state index contributed by atoms with van der Waals surface area (Å²) in [5.41, 5.74) is 10.6. The highest BCUT2D eigenvalue weighted by molar-refractivity contribution is 5.41. The van der Waals surface area contributed by atoms with Gasteiger partial charge in [-0.2, -0.15) is 0 Å². The molecule has 104 valence electrons. The first-order valence-corrected chi connectivity index (χ1v) is 6.83. The smallest absolute Gasteiger partial charge is 0.127 e. The molecule has 0 aromatic heterocycles. The highest BCUT2D eigenvalue weighted by Crippen LogP contribution is 2.40. The number of nitrogens with two attached hydrogens (primary N) is 1. The number of hydrogen-bond donors (Lipinski definition) is 1. The molecule has 3 heteroatoms. The number of benzene rings is 2. The number of halogens is 1. The largest absolute Gasteiger partial charge is 0.485 e. The number of rotatable bonds is 1. The van der Waals surface area contributed by atoms with Crippen molar-refractivity contribution in [2.45, 2.75) is 32.4 Å². The minimum atomic E-state index is -0.294. The molecule has 0 fully saturated rings. The third-order valence-corrected chi connectivity index (χ3v) is 3.89. The van der Waals surface area contributed by atoms with E-state index in [1.165, 1.54) is 23.3 Å². The van der Waals surface area contributed by atoms with E-state index in [2.05, 4.69) is 32.0 Å². The maximum Gasteiger partial charge on any atom is 0.127 e. The molecule has 1 unspecified atom stereocenters. The zero-order chi connectivity index (χ0) is 14.3. The fourth-order valence-electron chi connectivity index (χ4n) is 2.77. The molecule has 2 aromatic rings. The molecule has 1 aliphatic heterocycles. The van der Waals surface area contributed by atoms with Crippen molar-refractivity contribution in [1.82, 2.24) is 0 Å². The lowest BCUT2D eigenvalue weighted by atomic mass is 9.91. The zero-order valence-corrected chi connectivity index (χ0v) is 11.7. The summed E-state index contributed by atoms with van der Waals surface area (Å²) < 4.78 is 19.4. The Morgan fingerprint density at radius 2 is 1.90 bits per heavy atom. The van der Waals surface area contributed by atoms with Crippen molar-refractivity contribution >= 4 is 0 Å². The number of aryl methyl sites for hydroxylation is 2. The van der Waals surface area contributed by atoms with Crippen molar-refractivity contribution in [3.8, 4) is 5.75 Å². The van der Waals surface area contributed by atoms with Crippen molar-refractivity contribution < 1.29 is 9.13 Å². The quantitative estimate of drug-likeness (QED) is 0.852. The van der Waals surface area contributed by atoms with Crippen molar-refractivity contribution in [2.24, 2.45) is 5.73 Å². The Bertz CT molecular complexity index is 653. The van der Waals surface area contributed by atoms with E-state index in [0.717, 1.165) is 11.1 Å². The molecule has 3 rings (SSSR count). The van der Waals surface area contributed by atoms with Crippen LogP contribution in [0.15, 0.2) is 36.4 Å². The Morgan fingerprint density at radius 3 is 2.70 bits per heavy atom. The van der Waals surface area contributed by atoms with Gasteiger partial charge in [0.15, 0.2) is 0 Å². The normalized spacial score (nSPS) is 21.2. The molecule has 1 heterocycles. The van der Waals surface area contributed by atoms with Crippen molar-refractivity contribution in [2.75, 3.05) is 0 Å². The van der Waals surface area contributed by atoms with Gasteiger partial charge in [-0.1, -0.05) is 29.8 Å². The SMILES string of the molecule is Cc1ccc(C)c(C2C[C@@H](N)c3ccc(F)cc3O2)c1. The number of ether oxygens (including phenoxy) is 1. The molecular formula is C17H18FNO. The van der Waals surface area contributed by atoms with Crippen molar-refractivity contribution in [1.29, 1.82) is 0 Å². The van der Waals surface area contributed by atoms with E-state index in [4.69, 9.17) is 10.5 Å². The van der Waals surface area contributed by atoms with Gasteiger partial charge in [0.25, 0.3) is 0 Å². The van der Waals surface area contributed by atoms with Gasteiger partial charge < -0.3 is 10.5 Å². The van der Waals surface area contributed by atoms with Crippen LogP contribution in [0.5, 0.6) is 5.75 Å². The Labute approximate surface area is 118 Å². The maximum atomic E-state index is 13.4. The van der Waals surface area contributed by atoms with Gasteiger partial charge in [-0.15, -0.1) is 0 Å². The fraction of sp³-hybridized carbons (Fsp3) is 0.294. The minimum absolute atomic E-state index is 0.112. The van der Waals surface area contributed by atoms with E-state index in [-0.39, 0.29) is 18.0 Å². The highest BCUT2D eigenvalue weighted by Gasteiger charge is 2.28. The first-order valence-electron chi connectivity index (χ1n) is 6.83. The van der Waals surface area contributed by atoms with Gasteiger partial charge in [-0.3, -0.25) is 0 Å². The summed E-state index contributed by atoms with van der Waals surface area (Å²) in [5, 5.41) is 0. The van der Waals surface area contributed by atoms with Crippen LogP contribution in [-0.2, 0) is 0 Å². The van der Waals surface area contributed by atoms with Gasteiger partial charge in [-0.05, 0) is 31.0 Å². The Hall–Kier alpha value is -1.87. The second kappa shape index (κ2) is 4.91. The summed E-state index contributed by atoms with van der Waals surface area (Å²) in [4.78, 5) is 0. The summed E-state index contributed by atoms with van der Waals surface area (Å²) in [7, 11) is 0. The molecule has 2 atom stereocenters. The second-order valence-corrected chi connectivity index (χ2v) is 5.49. The lowest BCUT2D eigenvalue weighted by Crippen LogP contribution is -2.24. The fourth-order valence-corrected chi connectivity index (χ4v) is 2.77. The second-order valence-electron chi connectivity index (χ2n) is 5.49. The molecule has 0 spiro atoms. The van der Waals surface area contributed by atoms with Crippen LogP contribution in [0.2, 0.25) is 0 Å². The molecule has 0 radical (unpaired) electrons. The Balaban J connectivity index is 2.00. The molecule has 2 N–H and O–H groups in total. The van der Waals surface area contributed by atoms with E-state index >= 15 is 0 Å². The Kier molecular flexibility index (Phi) is 3.22. The van der Waals surface area contributed by atoms with Crippen LogP contribution in [0, 0.1) is 19.7 Å². The van der Waals surface area contributed by atoms with Gasteiger partial charge in [0.2, 0.25) is 0 Å². The van der Waals surface area contributed by atoms with Gasteiger partial charge in [0.05, 0.1) is 0 Å². The van der Waals surface area contributed by atoms with Crippen LogP contribution < -0.4 is 10.5 Å². The third-order valence-electron chi connectivity index (χ3n) is 3.89. The summed E-state index contributed by atoms with van der Waals surface area (Å²) in [6.45, 7) is 4.12. The number of hydrogen-bond acceptors (Lipinski definition) is 2. The molecule has 1 aliphatic rings. The highest BCUT2D eigenvalue weighted by atomic mass is 19.1. The van der Waals surface area contributed by atoms with E-state index in [1.54, 1.807) is 6.07 Å². The molecule has 0 bridgehead atoms. The minimum Gasteiger partial charge on any atom is -0.485 e. The van der Waals surface area contributed by atoms with E-state index in [0.29, 0.717) is 12.2 Å². The molecule has 0 saturated heterocycles. The van der Waals surface area contributed by atoms with E-state index in [9.17, 15) is 4.39 Å². The summed E-state index contributed by atoms with van der Waals surface area (Å²) in [6, 6.07) is 10.7. The zero-order valence-electron chi connectivity index (χ0n) is 11.7. The van der Waals surface area contributed by atoms with E-state index in [1.807, 2.05) is 0 Å². The lowest BCUT2D eigenvalue weighted by molar-refractivity contribution is 0.160. The van der Waals surface area contributed by atoms with Gasteiger partial charge in [0, 0.05) is 24.1 Å². The molecule has 2 aromatic carbocycles.